The molecule has 6 heteroatoms. The molecule has 1 rings (SSSR count). The third kappa shape index (κ3) is 4.93. The van der Waals surface area contributed by atoms with Gasteiger partial charge in [-0.05, 0) is 18.2 Å². The zero-order valence-corrected chi connectivity index (χ0v) is 12.0. The average molecular weight is 301 g/mol. The van der Waals surface area contributed by atoms with Gasteiger partial charge in [0, 0.05) is 19.2 Å². The number of rotatable bonds is 5. The number of carbonyl (C=O) groups is 2. The van der Waals surface area contributed by atoms with Gasteiger partial charge in [0.05, 0.1) is 10.0 Å². The molecule has 0 saturated carbocycles. The quantitative estimate of drug-likeness (QED) is 0.850. The molecular formula is C13H14Cl2N2O2. The van der Waals surface area contributed by atoms with E-state index < -0.39 is 0 Å². The number of nitrogens with one attached hydrogen (secondary N) is 1. The van der Waals surface area contributed by atoms with E-state index in [-0.39, 0.29) is 18.4 Å². The summed E-state index contributed by atoms with van der Waals surface area (Å²) in [4.78, 5) is 24.4. The van der Waals surface area contributed by atoms with E-state index in [1.165, 1.54) is 11.8 Å². The molecule has 0 spiro atoms. The van der Waals surface area contributed by atoms with E-state index in [0.29, 0.717) is 22.3 Å². The first-order chi connectivity index (χ1) is 8.93. The van der Waals surface area contributed by atoms with E-state index in [2.05, 4.69) is 11.9 Å². The van der Waals surface area contributed by atoms with Gasteiger partial charge < -0.3 is 10.2 Å². The van der Waals surface area contributed by atoms with Crippen LogP contribution < -0.4 is 5.32 Å². The van der Waals surface area contributed by atoms with E-state index in [9.17, 15) is 9.59 Å². The van der Waals surface area contributed by atoms with Gasteiger partial charge in [-0.1, -0.05) is 29.3 Å². The number of carbonyl (C=O) groups excluding carboxylic acids is 2. The molecule has 0 aliphatic carbocycles. The van der Waals surface area contributed by atoms with Crippen LogP contribution in [0.2, 0.25) is 10.0 Å². The second kappa shape index (κ2) is 7.16. The van der Waals surface area contributed by atoms with E-state index in [0.717, 1.165) is 0 Å². The molecule has 1 aromatic rings. The lowest BCUT2D eigenvalue weighted by Gasteiger charge is -2.18. The van der Waals surface area contributed by atoms with Crippen molar-refractivity contribution in [3.8, 4) is 0 Å². The fourth-order valence-electron chi connectivity index (χ4n) is 1.41. The number of benzene rings is 1. The second-order valence-corrected chi connectivity index (χ2v) is 4.68. The number of hydrogen-bond donors (Lipinski definition) is 1. The molecule has 0 saturated heterocycles. The van der Waals surface area contributed by atoms with E-state index >= 15 is 0 Å². The Morgan fingerprint density at radius 1 is 1.37 bits per heavy atom. The van der Waals surface area contributed by atoms with E-state index in [4.69, 9.17) is 23.2 Å². The minimum absolute atomic E-state index is 0.0401. The maximum atomic E-state index is 11.8. The van der Waals surface area contributed by atoms with Crippen LogP contribution in [0.15, 0.2) is 30.9 Å². The maximum Gasteiger partial charge on any atom is 0.244 e. The van der Waals surface area contributed by atoms with Crippen molar-refractivity contribution in [2.45, 2.75) is 6.92 Å². The molecule has 0 fully saturated rings. The molecule has 0 radical (unpaired) electrons. The lowest BCUT2D eigenvalue weighted by atomic mass is 10.3. The first-order valence-electron chi connectivity index (χ1n) is 5.55. The Hall–Kier alpha value is -1.52. The van der Waals surface area contributed by atoms with Gasteiger partial charge in [-0.15, -0.1) is 6.58 Å². The highest BCUT2D eigenvalue weighted by Crippen LogP contribution is 2.24. The Bertz CT molecular complexity index is 503. The number of hydrogen-bond acceptors (Lipinski definition) is 2. The molecule has 2 amide bonds. The van der Waals surface area contributed by atoms with Crippen LogP contribution in [0.4, 0.5) is 5.69 Å². The summed E-state index contributed by atoms with van der Waals surface area (Å²) in [5.41, 5.74) is 0.529. The van der Waals surface area contributed by atoms with Crippen molar-refractivity contribution in [2.75, 3.05) is 18.4 Å². The molecule has 4 nitrogen and oxygen atoms in total. The van der Waals surface area contributed by atoms with Gasteiger partial charge in [0.25, 0.3) is 0 Å². The maximum absolute atomic E-state index is 11.8. The summed E-state index contributed by atoms with van der Waals surface area (Å²) in [6.07, 6.45) is 1.56. The third-order valence-corrected chi connectivity index (χ3v) is 3.07. The van der Waals surface area contributed by atoms with E-state index in [1.54, 1.807) is 24.3 Å². The van der Waals surface area contributed by atoms with Crippen LogP contribution in [-0.4, -0.2) is 29.8 Å². The predicted molar refractivity (Wildman–Crippen MR) is 77.5 cm³/mol. The van der Waals surface area contributed by atoms with Crippen LogP contribution in [0.3, 0.4) is 0 Å². The lowest BCUT2D eigenvalue weighted by Crippen LogP contribution is -2.36. The number of amides is 2. The van der Waals surface area contributed by atoms with Crippen LogP contribution in [0, 0.1) is 0 Å². The molecule has 0 aliphatic rings. The molecule has 19 heavy (non-hydrogen) atoms. The SMILES string of the molecule is C=CCN(CC(=O)Nc1ccc(Cl)c(Cl)c1)C(C)=O. The van der Waals surface area contributed by atoms with Crippen LogP contribution in [0.1, 0.15) is 6.92 Å². The monoisotopic (exact) mass is 300 g/mol. The highest BCUT2D eigenvalue weighted by atomic mass is 35.5. The molecule has 0 aliphatic heterocycles. The van der Waals surface area contributed by atoms with Crippen molar-refractivity contribution in [1.82, 2.24) is 4.90 Å². The van der Waals surface area contributed by atoms with Gasteiger partial charge in [-0.25, -0.2) is 0 Å². The summed E-state index contributed by atoms with van der Waals surface area (Å²) < 4.78 is 0. The fraction of sp³-hybridized carbons (Fsp3) is 0.231. The van der Waals surface area contributed by atoms with Gasteiger partial charge in [-0.2, -0.15) is 0 Å². The predicted octanol–water partition coefficient (Wildman–Crippen LogP) is 2.97. The second-order valence-electron chi connectivity index (χ2n) is 3.87. The van der Waals surface area contributed by atoms with Gasteiger partial charge >= 0.3 is 0 Å². The minimum atomic E-state index is -0.310. The topological polar surface area (TPSA) is 49.4 Å². The fourth-order valence-corrected chi connectivity index (χ4v) is 1.71. The normalized spacial score (nSPS) is 9.84. The Kier molecular flexibility index (Phi) is 5.86. The molecular weight excluding hydrogens is 287 g/mol. The largest absolute Gasteiger partial charge is 0.330 e. The van der Waals surface area contributed by atoms with Crippen molar-refractivity contribution in [3.05, 3.63) is 40.9 Å². The smallest absolute Gasteiger partial charge is 0.244 e. The first kappa shape index (κ1) is 15.5. The molecule has 1 N–H and O–H groups in total. The van der Waals surface area contributed by atoms with Crippen molar-refractivity contribution in [1.29, 1.82) is 0 Å². The van der Waals surface area contributed by atoms with Crippen LogP contribution in [0.5, 0.6) is 0 Å². The Morgan fingerprint density at radius 2 is 2.05 bits per heavy atom. The summed E-state index contributed by atoms with van der Waals surface area (Å²) in [6, 6.07) is 4.77. The average Bonchev–Trinajstić information content (AvgIpc) is 2.33. The summed E-state index contributed by atoms with van der Waals surface area (Å²) in [5, 5.41) is 3.41. The Balaban J connectivity index is 2.65. The van der Waals surface area contributed by atoms with Gasteiger partial charge in [0.1, 0.15) is 6.54 Å². The van der Waals surface area contributed by atoms with Gasteiger partial charge in [-0.3, -0.25) is 9.59 Å². The van der Waals surface area contributed by atoms with Crippen molar-refractivity contribution >= 4 is 40.7 Å². The molecule has 1 aromatic carbocycles. The summed E-state index contributed by atoms with van der Waals surface area (Å²) in [7, 11) is 0. The Morgan fingerprint density at radius 3 is 2.58 bits per heavy atom. The number of nitrogens with zero attached hydrogens (tertiary/aromatic N) is 1. The molecule has 0 atom stereocenters. The van der Waals surface area contributed by atoms with Crippen molar-refractivity contribution in [3.63, 3.8) is 0 Å². The van der Waals surface area contributed by atoms with Crippen LogP contribution >= 0.6 is 23.2 Å². The number of halogens is 2. The van der Waals surface area contributed by atoms with Gasteiger partial charge in [0.2, 0.25) is 11.8 Å². The first-order valence-corrected chi connectivity index (χ1v) is 6.31. The van der Waals surface area contributed by atoms with Crippen molar-refractivity contribution < 1.29 is 9.59 Å². The minimum Gasteiger partial charge on any atom is -0.330 e. The summed E-state index contributed by atoms with van der Waals surface area (Å²) in [5.74, 6) is -0.500. The number of anilines is 1. The summed E-state index contributed by atoms with van der Waals surface area (Å²) in [6.45, 7) is 5.22. The molecule has 0 bridgehead atoms. The van der Waals surface area contributed by atoms with Gasteiger partial charge in [0.15, 0.2) is 0 Å². The molecule has 102 valence electrons. The van der Waals surface area contributed by atoms with Crippen LogP contribution in [-0.2, 0) is 9.59 Å². The standard InChI is InChI=1S/C13H14Cl2N2O2/c1-3-6-17(9(2)18)8-13(19)16-10-4-5-11(14)12(15)7-10/h3-5,7H,1,6,8H2,2H3,(H,16,19). The summed E-state index contributed by atoms with van der Waals surface area (Å²) >= 11 is 11.6. The van der Waals surface area contributed by atoms with E-state index in [1.807, 2.05) is 0 Å². The molecule has 0 aromatic heterocycles. The zero-order chi connectivity index (χ0) is 14.4. The van der Waals surface area contributed by atoms with Crippen molar-refractivity contribution in [2.24, 2.45) is 0 Å². The highest BCUT2D eigenvalue weighted by molar-refractivity contribution is 6.42. The third-order valence-electron chi connectivity index (χ3n) is 2.33. The lowest BCUT2D eigenvalue weighted by molar-refractivity contribution is -0.132. The molecule has 0 unspecified atom stereocenters. The zero-order valence-electron chi connectivity index (χ0n) is 10.5. The molecule has 0 heterocycles. The Labute approximate surface area is 122 Å². The van der Waals surface area contributed by atoms with Crippen LogP contribution in [0.25, 0.3) is 0 Å². The highest BCUT2D eigenvalue weighted by Gasteiger charge is 2.12.